The first kappa shape index (κ1) is 15.6. The monoisotopic (exact) mass is 295 g/mol. The number of amides is 1. The zero-order chi connectivity index (χ0) is 15.2. The standard InChI is InChI=1S/C15H21NO5/c1-20-13-4-2-3-5-14(13)21-9-15(19)16-11-6-10(8-17)12(18)7-11/h2-5,10-12,17-18H,6-9H2,1H3,(H,16,19)/t10-,11-,12-/m1/s1. The van der Waals surface area contributed by atoms with Gasteiger partial charge in [-0.25, -0.2) is 0 Å². The van der Waals surface area contributed by atoms with Crippen LogP contribution in [0.5, 0.6) is 11.5 Å². The summed E-state index contributed by atoms with van der Waals surface area (Å²) in [5.41, 5.74) is 0. The number of nitrogens with one attached hydrogen (secondary N) is 1. The Hall–Kier alpha value is -1.79. The smallest absolute Gasteiger partial charge is 0.258 e. The second-order valence-electron chi connectivity index (χ2n) is 5.19. The maximum Gasteiger partial charge on any atom is 0.258 e. The molecule has 2 rings (SSSR count). The molecule has 1 saturated carbocycles. The second kappa shape index (κ2) is 7.28. The molecule has 1 fully saturated rings. The molecule has 0 spiro atoms. The summed E-state index contributed by atoms with van der Waals surface area (Å²) in [6.07, 6.45) is 0.486. The van der Waals surface area contributed by atoms with Crippen LogP contribution in [0.1, 0.15) is 12.8 Å². The number of methoxy groups -OCH3 is 1. The molecule has 1 aliphatic rings. The van der Waals surface area contributed by atoms with Gasteiger partial charge in [-0.1, -0.05) is 12.1 Å². The number of aliphatic hydroxyl groups is 2. The van der Waals surface area contributed by atoms with Gasteiger partial charge < -0.3 is 25.0 Å². The van der Waals surface area contributed by atoms with Crippen molar-refractivity contribution >= 4 is 5.91 Å². The van der Waals surface area contributed by atoms with E-state index in [4.69, 9.17) is 14.6 Å². The summed E-state index contributed by atoms with van der Waals surface area (Å²) in [4.78, 5) is 11.9. The highest BCUT2D eigenvalue weighted by molar-refractivity contribution is 5.78. The molecule has 0 heterocycles. The molecular weight excluding hydrogens is 274 g/mol. The van der Waals surface area contributed by atoms with E-state index >= 15 is 0 Å². The Morgan fingerprint density at radius 2 is 2.05 bits per heavy atom. The van der Waals surface area contributed by atoms with Crippen LogP contribution in [0.15, 0.2) is 24.3 Å². The Bertz CT molecular complexity index is 479. The molecule has 116 valence electrons. The number of benzene rings is 1. The first-order chi connectivity index (χ1) is 10.1. The van der Waals surface area contributed by atoms with E-state index < -0.39 is 6.10 Å². The van der Waals surface area contributed by atoms with E-state index in [0.29, 0.717) is 24.3 Å². The molecule has 0 radical (unpaired) electrons. The van der Waals surface area contributed by atoms with Crippen molar-refractivity contribution in [2.45, 2.75) is 25.0 Å². The maximum absolute atomic E-state index is 11.9. The Balaban J connectivity index is 1.80. The maximum atomic E-state index is 11.9. The van der Waals surface area contributed by atoms with E-state index in [1.807, 2.05) is 6.07 Å². The fourth-order valence-electron chi connectivity index (χ4n) is 2.57. The fraction of sp³-hybridized carbons (Fsp3) is 0.533. The summed E-state index contributed by atoms with van der Waals surface area (Å²) in [6, 6.07) is 6.99. The lowest BCUT2D eigenvalue weighted by Crippen LogP contribution is -2.36. The van der Waals surface area contributed by atoms with Gasteiger partial charge in [0.2, 0.25) is 0 Å². The largest absolute Gasteiger partial charge is 0.493 e. The molecule has 1 amide bonds. The predicted octanol–water partition coefficient (Wildman–Crippen LogP) is 0.322. The van der Waals surface area contributed by atoms with E-state index in [1.165, 1.54) is 7.11 Å². The number of carbonyl (C=O) groups excluding carboxylic acids is 1. The zero-order valence-electron chi connectivity index (χ0n) is 12.0. The lowest BCUT2D eigenvalue weighted by atomic mass is 10.1. The van der Waals surface area contributed by atoms with Crippen molar-refractivity contribution in [3.63, 3.8) is 0 Å². The van der Waals surface area contributed by atoms with Gasteiger partial charge in [0.1, 0.15) is 0 Å². The summed E-state index contributed by atoms with van der Waals surface area (Å²) >= 11 is 0. The molecule has 1 aromatic rings. The van der Waals surface area contributed by atoms with Gasteiger partial charge in [-0.3, -0.25) is 4.79 Å². The summed E-state index contributed by atoms with van der Waals surface area (Å²) < 4.78 is 10.6. The molecular formula is C15H21NO5. The van der Waals surface area contributed by atoms with Crippen molar-refractivity contribution in [2.75, 3.05) is 20.3 Å². The highest BCUT2D eigenvalue weighted by atomic mass is 16.5. The van der Waals surface area contributed by atoms with Crippen LogP contribution in [-0.4, -0.2) is 48.6 Å². The van der Waals surface area contributed by atoms with Crippen LogP contribution in [0.4, 0.5) is 0 Å². The molecule has 0 aliphatic heterocycles. The Morgan fingerprint density at radius 3 is 2.67 bits per heavy atom. The summed E-state index contributed by atoms with van der Waals surface area (Å²) in [6.45, 7) is -0.179. The molecule has 21 heavy (non-hydrogen) atoms. The van der Waals surface area contributed by atoms with E-state index in [1.54, 1.807) is 18.2 Å². The van der Waals surface area contributed by atoms with Gasteiger partial charge in [0.15, 0.2) is 18.1 Å². The van der Waals surface area contributed by atoms with Gasteiger partial charge in [-0.05, 0) is 25.0 Å². The van der Waals surface area contributed by atoms with Crippen LogP contribution in [-0.2, 0) is 4.79 Å². The van der Waals surface area contributed by atoms with Gasteiger partial charge in [-0.15, -0.1) is 0 Å². The Morgan fingerprint density at radius 1 is 1.33 bits per heavy atom. The summed E-state index contributed by atoms with van der Waals surface area (Å²) in [7, 11) is 1.54. The van der Waals surface area contributed by atoms with Gasteiger partial charge in [0.05, 0.1) is 13.2 Å². The molecule has 0 aromatic heterocycles. The van der Waals surface area contributed by atoms with Crippen molar-refractivity contribution in [3.8, 4) is 11.5 Å². The molecule has 3 N–H and O–H groups in total. The minimum atomic E-state index is -0.560. The third-order valence-corrected chi connectivity index (χ3v) is 3.68. The van der Waals surface area contributed by atoms with Crippen LogP contribution in [0.3, 0.4) is 0 Å². The van der Waals surface area contributed by atoms with E-state index in [2.05, 4.69) is 5.32 Å². The van der Waals surface area contributed by atoms with Gasteiger partial charge in [0, 0.05) is 18.6 Å². The van der Waals surface area contributed by atoms with Gasteiger partial charge in [-0.2, -0.15) is 0 Å². The minimum Gasteiger partial charge on any atom is -0.493 e. The highest BCUT2D eigenvalue weighted by Crippen LogP contribution is 2.27. The third-order valence-electron chi connectivity index (χ3n) is 3.68. The Labute approximate surface area is 123 Å². The lowest BCUT2D eigenvalue weighted by molar-refractivity contribution is -0.123. The molecule has 3 atom stereocenters. The average molecular weight is 295 g/mol. The lowest BCUT2D eigenvalue weighted by Gasteiger charge is -2.14. The quantitative estimate of drug-likeness (QED) is 0.703. The Kier molecular flexibility index (Phi) is 5.41. The first-order valence-corrected chi connectivity index (χ1v) is 6.98. The molecule has 6 nitrogen and oxygen atoms in total. The first-order valence-electron chi connectivity index (χ1n) is 6.98. The molecule has 6 heteroatoms. The van der Waals surface area contributed by atoms with Crippen molar-refractivity contribution in [1.29, 1.82) is 0 Å². The number of hydrogen-bond donors (Lipinski definition) is 3. The van der Waals surface area contributed by atoms with Crippen LogP contribution >= 0.6 is 0 Å². The topological polar surface area (TPSA) is 88.0 Å². The SMILES string of the molecule is COc1ccccc1OCC(=O)N[C@@H]1C[C@H](CO)[C@H](O)C1. The van der Waals surface area contributed by atoms with Crippen molar-refractivity contribution in [1.82, 2.24) is 5.32 Å². The van der Waals surface area contributed by atoms with Gasteiger partial charge in [0.25, 0.3) is 5.91 Å². The van der Waals surface area contributed by atoms with Crippen molar-refractivity contribution in [2.24, 2.45) is 5.92 Å². The van der Waals surface area contributed by atoms with E-state index in [-0.39, 0.29) is 31.1 Å². The minimum absolute atomic E-state index is 0.0642. The molecule has 0 bridgehead atoms. The number of aliphatic hydroxyl groups excluding tert-OH is 2. The number of para-hydroxylation sites is 2. The van der Waals surface area contributed by atoms with Gasteiger partial charge >= 0.3 is 0 Å². The van der Waals surface area contributed by atoms with Crippen LogP contribution in [0.2, 0.25) is 0 Å². The fourth-order valence-corrected chi connectivity index (χ4v) is 2.57. The van der Waals surface area contributed by atoms with E-state index in [9.17, 15) is 9.90 Å². The molecule has 1 aromatic carbocycles. The molecule has 1 aliphatic carbocycles. The summed E-state index contributed by atoms with van der Waals surface area (Å²) in [5.74, 6) is 0.666. The average Bonchev–Trinajstić information content (AvgIpc) is 2.85. The predicted molar refractivity (Wildman–Crippen MR) is 76.2 cm³/mol. The number of ether oxygens (including phenoxy) is 2. The van der Waals surface area contributed by atoms with Crippen LogP contribution in [0.25, 0.3) is 0 Å². The highest BCUT2D eigenvalue weighted by Gasteiger charge is 2.33. The summed E-state index contributed by atoms with van der Waals surface area (Å²) in [5, 5.41) is 21.6. The van der Waals surface area contributed by atoms with E-state index in [0.717, 1.165) is 0 Å². The second-order valence-corrected chi connectivity index (χ2v) is 5.19. The number of hydrogen-bond acceptors (Lipinski definition) is 5. The molecule has 0 unspecified atom stereocenters. The third kappa shape index (κ3) is 4.09. The van der Waals surface area contributed by atoms with Crippen LogP contribution in [0, 0.1) is 5.92 Å². The van der Waals surface area contributed by atoms with Crippen LogP contribution < -0.4 is 14.8 Å². The number of rotatable bonds is 6. The van der Waals surface area contributed by atoms with Crippen molar-refractivity contribution < 1.29 is 24.5 Å². The number of carbonyl (C=O) groups is 1. The van der Waals surface area contributed by atoms with Crippen molar-refractivity contribution in [3.05, 3.63) is 24.3 Å². The molecule has 0 saturated heterocycles. The zero-order valence-corrected chi connectivity index (χ0v) is 12.0. The normalized spacial score (nSPS) is 24.6.